The molecule has 0 radical (unpaired) electrons. The third-order valence-corrected chi connectivity index (χ3v) is 3.71. The van der Waals surface area contributed by atoms with Crippen molar-refractivity contribution in [2.75, 3.05) is 5.32 Å². The number of hydrogen-bond acceptors (Lipinski definition) is 2. The fourth-order valence-electron chi connectivity index (χ4n) is 1.95. The second-order valence-electron chi connectivity index (χ2n) is 4.18. The number of nitrogens with zero attached hydrogens (tertiary/aromatic N) is 2. The van der Waals surface area contributed by atoms with E-state index in [1.807, 2.05) is 53.3 Å². The summed E-state index contributed by atoms with van der Waals surface area (Å²) in [6.45, 7) is 0.689. The van der Waals surface area contributed by atoms with Crippen molar-refractivity contribution in [3.05, 3.63) is 63.9 Å². The molecule has 0 aliphatic carbocycles. The van der Waals surface area contributed by atoms with Crippen molar-refractivity contribution in [1.82, 2.24) is 9.61 Å². The van der Waals surface area contributed by atoms with Gasteiger partial charge in [-0.05, 0) is 30.3 Å². The molecule has 3 rings (SSSR count). The van der Waals surface area contributed by atoms with Crippen LogP contribution >= 0.6 is 27.5 Å². The van der Waals surface area contributed by atoms with Crippen LogP contribution in [0.15, 0.2) is 53.3 Å². The summed E-state index contributed by atoms with van der Waals surface area (Å²) in [5.74, 6) is 0. The number of rotatable bonds is 3. The van der Waals surface area contributed by atoms with Crippen LogP contribution in [0.25, 0.3) is 5.52 Å². The maximum absolute atomic E-state index is 6.17. The molecule has 0 bridgehead atoms. The number of pyridine rings is 1. The Balaban J connectivity index is 1.82. The molecule has 2 heterocycles. The number of nitrogens with one attached hydrogen (secondary N) is 1. The summed E-state index contributed by atoms with van der Waals surface area (Å²) < 4.78 is 2.83. The molecule has 0 unspecified atom stereocenters. The maximum atomic E-state index is 6.17. The van der Waals surface area contributed by atoms with Crippen molar-refractivity contribution in [3.8, 4) is 0 Å². The Morgan fingerprint density at radius 2 is 2.16 bits per heavy atom. The molecule has 19 heavy (non-hydrogen) atoms. The lowest BCUT2D eigenvalue weighted by atomic mass is 10.2. The Hall–Kier alpha value is -1.52. The highest BCUT2D eigenvalue weighted by Crippen LogP contribution is 2.26. The van der Waals surface area contributed by atoms with E-state index >= 15 is 0 Å². The van der Waals surface area contributed by atoms with Gasteiger partial charge in [0.25, 0.3) is 0 Å². The summed E-state index contributed by atoms with van der Waals surface area (Å²) in [5.41, 5.74) is 3.16. The van der Waals surface area contributed by atoms with Gasteiger partial charge in [0.1, 0.15) is 0 Å². The first-order chi connectivity index (χ1) is 9.24. The minimum Gasteiger partial charge on any atom is -0.380 e. The molecule has 0 spiro atoms. The molecule has 0 fully saturated rings. The van der Waals surface area contributed by atoms with Gasteiger partial charge in [-0.1, -0.05) is 33.6 Å². The molecule has 0 amide bonds. The molecule has 5 heteroatoms. The second-order valence-corrected chi connectivity index (χ2v) is 5.50. The van der Waals surface area contributed by atoms with Crippen molar-refractivity contribution in [1.29, 1.82) is 0 Å². The number of hydrogen-bond donors (Lipinski definition) is 1. The molecule has 0 saturated carbocycles. The smallest absolute Gasteiger partial charge is 0.0711 e. The zero-order valence-electron chi connectivity index (χ0n) is 9.98. The van der Waals surface area contributed by atoms with Crippen LogP contribution in [0.4, 0.5) is 5.69 Å². The van der Waals surface area contributed by atoms with Crippen molar-refractivity contribution in [2.24, 2.45) is 0 Å². The highest BCUT2D eigenvalue weighted by Gasteiger charge is 2.05. The van der Waals surface area contributed by atoms with Crippen molar-refractivity contribution in [3.63, 3.8) is 0 Å². The molecule has 1 N–H and O–H groups in total. The van der Waals surface area contributed by atoms with Crippen molar-refractivity contribution in [2.45, 2.75) is 6.54 Å². The zero-order valence-corrected chi connectivity index (χ0v) is 12.3. The van der Waals surface area contributed by atoms with E-state index in [1.54, 1.807) is 0 Å². The van der Waals surface area contributed by atoms with Gasteiger partial charge in [0, 0.05) is 22.8 Å². The number of aromatic nitrogens is 2. The van der Waals surface area contributed by atoms with E-state index in [0.29, 0.717) is 11.6 Å². The van der Waals surface area contributed by atoms with Gasteiger partial charge in [-0.3, -0.25) is 0 Å². The van der Waals surface area contributed by atoms with Crippen LogP contribution in [0.5, 0.6) is 0 Å². The van der Waals surface area contributed by atoms with Crippen LogP contribution in [0.3, 0.4) is 0 Å². The van der Waals surface area contributed by atoms with Gasteiger partial charge in [-0.25, -0.2) is 4.52 Å². The molecule has 0 saturated heterocycles. The molecule has 2 aromatic heterocycles. The van der Waals surface area contributed by atoms with E-state index in [2.05, 4.69) is 26.3 Å². The summed E-state index contributed by atoms with van der Waals surface area (Å²) >= 11 is 9.57. The van der Waals surface area contributed by atoms with Gasteiger partial charge in [-0.2, -0.15) is 5.10 Å². The largest absolute Gasteiger partial charge is 0.380 e. The summed E-state index contributed by atoms with van der Waals surface area (Å²) in [6, 6.07) is 11.8. The predicted octanol–water partition coefficient (Wildman–Crippen LogP) is 4.36. The molecule has 0 aliphatic rings. The van der Waals surface area contributed by atoms with Gasteiger partial charge in [0.05, 0.1) is 22.4 Å². The average Bonchev–Trinajstić information content (AvgIpc) is 2.81. The maximum Gasteiger partial charge on any atom is 0.0711 e. The van der Waals surface area contributed by atoms with Gasteiger partial charge >= 0.3 is 0 Å². The van der Waals surface area contributed by atoms with E-state index in [1.165, 1.54) is 0 Å². The van der Waals surface area contributed by atoms with Crippen molar-refractivity contribution < 1.29 is 0 Å². The highest BCUT2D eigenvalue weighted by atomic mass is 79.9. The third-order valence-electron chi connectivity index (χ3n) is 2.91. The first-order valence-electron chi connectivity index (χ1n) is 5.84. The first kappa shape index (κ1) is 12.5. The molecular formula is C14H11BrClN3. The lowest BCUT2D eigenvalue weighted by Gasteiger charge is -2.07. The number of anilines is 1. The molecule has 3 nitrogen and oxygen atoms in total. The quantitative estimate of drug-likeness (QED) is 0.770. The van der Waals surface area contributed by atoms with Crippen LogP contribution in [-0.4, -0.2) is 9.61 Å². The minimum atomic E-state index is 0.689. The summed E-state index contributed by atoms with van der Waals surface area (Å²) in [4.78, 5) is 0. The van der Waals surface area contributed by atoms with Crippen LogP contribution in [-0.2, 0) is 6.54 Å². The molecule has 96 valence electrons. The molecule has 3 aromatic rings. The predicted molar refractivity (Wildman–Crippen MR) is 81.7 cm³/mol. The molecule has 1 aromatic carbocycles. The Morgan fingerprint density at radius 3 is 3.00 bits per heavy atom. The van der Waals surface area contributed by atoms with Crippen LogP contribution in [0.2, 0.25) is 5.02 Å². The van der Waals surface area contributed by atoms with Gasteiger partial charge in [0.2, 0.25) is 0 Å². The minimum absolute atomic E-state index is 0.689. The van der Waals surface area contributed by atoms with Gasteiger partial charge < -0.3 is 5.32 Å². The van der Waals surface area contributed by atoms with Crippen LogP contribution < -0.4 is 5.32 Å². The Labute approximate surface area is 124 Å². The fourth-order valence-corrected chi connectivity index (χ4v) is 2.69. The van der Waals surface area contributed by atoms with E-state index in [4.69, 9.17) is 11.6 Å². The normalized spacial score (nSPS) is 10.8. The Morgan fingerprint density at radius 1 is 1.26 bits per heavy atom. The van der Waals surface area contributed by atoms with Crippen molar-refractivity contribution >= 4 is 38.7 Å². The summed E-state index contributed by atoms with van der Waals surface area (Å²) in [5, 5.41) is 8.33. The number of halogens is 2. The molecular weight excluding hydrogens is 326 g/mol. The Kier molecular flexibility index (Phi) is 3.44. The monoisotopic (exact) mass is 335 g/mol. The molecule has 0 aliphatic heterocycles. The van der Waals surface area contributed by atoms with E-state index in [9.17, 15) is 0 Å². The Bertz CT molecular complexity index is 724. The standard InChI is InChI=1S/C14H11BrClN3/c15-11-4-5-13(12(16)7-11)17-8-10-9-18-19-6-2-1-3-14(10)19/h1-7,9,17H,8H2. The van der Waals surface area contributed by atoms with Crippen LogP contribution in [0, 0.1) is 0 Å². The van der Waals surface area contributed by atoms with E-state index in [-0.39, 0.29) is 0 Å². The zero-order chi connectivity index (χ0) is 13.2. The third kappa shape index (κ3) is 2.60. The number of fused-ring (bicyclic) bond motifs is 1. The highest BCUT2D eigenvalue weighted by molar-refractivity contribution is 9.10. The summed E-state index contributed by atoms with van der Waals surface area (Å²) in [6.07, 6.45) is 3.81. The van der Waals surface area contributed by atoms with Crippen LogP contribution in [0.1, 0.15) is 5.56 Å². The lowest BCUT2D eigenvalue weighted by Crippen LogP contribution is -1.99. The summed E-state index contributed by atoms with van der Waals surface area (Å²) in [7, 11) is 0. The van der Waals surface area contributed by atoms with E-state index in [0.717, 1.165) is 21.2 Å². The van der Waals surface area contributed by atoms with Gasteiger partial charge in [0.15, 0.2) is 0 Å². The topological polar surface area (TPSA) is 29.3 Å². The fraction of sp³-hybridized carbons (Fsp3) is 0.0714. The lowest BCUT2D eigenvalue weighted by molar-refractivity contribution is 0.961. The first-order valence-corrected chi connectivity index (χ1v) is 7.01. The van der Waals surface area contributed by atoms with Gasteiger partial charge in [-0.15, -0.1) is 0 Å². The SMILES string of the molecule is Clc1cc(Br)ccc1NCc1cnn2ccccc12. The molecule has 0 atom stereocenters. The number of benzene rings is 1. The van der Waals surface area contributed by atoms with E-state index < -0.39 is 0 Å². The average molecular weight is 337 g/mol. The second kappa shape index (κ2) is 5.23.